The minimum atomic E-state index is -4.97. The van der Waals surface area contributed by atoms with Crippen molar-refractivity contribution in [3.05, 3.63) is 11.8 Å². The van der Waals surface area contributed by atoms with Crippen LogP contribution in [-0.4, -0.2) is 106 Å². The van der Waals surface area contributed by atoms with Crippen LogP contribution in [0.4, 0.5) is 0 Å². The van der Waals surface area contributed by atoms with Crippen molar-refractivity contribution in [2.24, 2.45) is 5.41 Å². The zero-order valence-electron chi connectivity index (χ0n) is 18.5. The fourth-order valence-electron chi connectivity index (χ4n) is 3.96. The van der Waals surface area contributed by atoms with Crippen molar-refractivity contribution in [2.75, 3.05) is 19.8 Å². The molecule has 7 N–H and O–H groups in total. The Kier molecular flexibility index (Phi) is 9.04. The van der Waals surface area contributed by atoms with Gasteiger partial charge in [-0.15, -0.1) is 0 Å². The molecule has 2 aliphatic rings. The van der Waals surface area contributed by atoms with Gasteiger partial charge in [0.05, 0.1) is 43.7 Å². The molecule has 33 heavy (non-hydrogen) atoms. The summed E-state index contributed by atoms with van der Waals surface area (Å²) in [5.74, 6) is -2.40. The number of hydrogen-bond donors (Lipinski definition) is 5. The van der Waals surface area contributed by atoms with Crippen molar-refractivity contribution in [1.82, 2.24) is 4.72 Å². The van der Waals surface area contributed by atoms with Crippen LogP contribution in [0.15, 0.2) is 11.8 Å². The molecule has 1 saturated heterocycles. The fourth-order valence-corrected chi connectivity index (χ4v) is 4.69. The number of hydrogen-bond acceptors (Lipinski definition) is 12. The molecule has 0 aromatic rings. The Morgan fingerprint density at radius 1 is 1.18 bits per heavy atom. The van der Waals surface area contributed by atoms with Crippen LogP contribution >= 0.6 is 0 Å². The quantitative estimate of drug-likeness (QED) is 0.197. The van der Waals surface area contributed by atoms with Crippen LogP contribution in [0.3, 0.4) is 0 Å². The number of rotatable bonds is 8. The number of carbonyl (C=O) groups excluding carboxylic acids is 1. The number of carbonyl (C=O) groups is 1. The molecule has 0 aliphatic carbocycles. The van der Waals surface area contributed by atoms with E-state index in [9.17, 15) is 43.3 Å². The van der Waals surface area contributed by atoms with Crippen molar-refractivity contribution >= 4 is 16.3 Å². The highest BCUT2D eigenvalue weighted by Gasteiger charge is 2.56. The molecule has 14 nitrogen and oxygen atoms in total. The average Bonchev–Trinajstić information content (AvgIpc) is 2.65. The molecule has 3 unspecified atom stereocenters. The van der Waals surface area contributed by atoms with Gasteiger partial charge in [-0.25, -0.2) is 13.1 Å². The van der Waals surface area contributed by atoms with Gasteiger partial charge in [0.1, 0.15) is 23.9 Å². The molecule has 7 atom stereocenters. The molecule has 2 heterocycles. The van der Waals surface area contributed by atoms with E-state index < -0.39 is 88.9 Å². The first-order chi connectivity index (χ1) is 14.5. The molecule has 0 spiro atoms. The highest BCUT2D eigenvalue weighted by atomic mass is 32.2. The summed E-state index contributed by atoms with van der Waals surface area (Å²) in [5.41, 5.74) is -4.53. The zero-order valence-corrected chi connectivity index (χ0v) is 19.4. The predicted molar refractivity (Wildman–Crippen MR) is 106 cm³/mol. The summed E-state index contributed by atoms with van der Waals surface area (Å²) in [7, 11) is -4.97. The van der Waals surface area contributed by atoms with Crippen molar-refractivity contribution in [1.29, 1.82) is 0 Å². The summed E-state index contributed by atoms with van der Waals surface area (Å²) in [6.45, 7) is 4.14. The molecule has 0 aromatic carbocycles. The Balaban J connectivity index is 0.00000544. The second-order valence-corrected chi connectivity index (χ2v) is 10.2. The number of carboxylic acids is 1. The second kappa shape index (κ2) is 10.1. The Labute approximate surface area is 191 Å². The van der Waals surface area contributed by atoms with Gasteiger partial charge >= 0.3 is 0 Å². The van der Waals surface area contributed by atoms with Gasteiger partial charge in [0.15, 0.2) is 15.9 Å². The lowest BCUT2D eigenvalue weighted by atomic mass is 9.70. The van der Waals surface area contributed by atoms with E-state index in [1.54, 1.807) is 4.72 Å². The largest absolute Gasteiger partial charge is 0.735 e. The Hall–Kier alpha value is -1.40. The molecule has 0 amide bonds. The van der Waals surface area contributed by atoms with Crippen molar-refractivity contribution in [3.8, 4) is 0 Å². The number of aliphatic hydroxyl groups is 4. The maximum Gasteiger partial charge on any atom is 0.159 e. The first-order valence-corrected chi connectivity index (χ1v) is 11.1. The topological polar surface area (TPSA) is 249 Å². The fraction of sp³-hybridized carbons (Fsp3) is 0.833. The minimum absolute atomic E-state index is 0. The van der Waals surface area contributed by atoms with Gasteiger partial charge in [0.25, 0.3) is 0 Å². The summed E-state index contributed by atoms with van der Waals surface area (Å²) >= 11 is 0. The first kappa shape index (κ1) is 29.6. The van der Waals surface area contributed by atoms with Gasteiger partial charge in [-0.2, -0.15) is 0 Å². The minimum Gasteiger partial charge on any atom is -0.735 e. The lowest BCUT2D eigenvalue weighted by Gasteiger charge is -2.54. The van der Waals surface area contributed by atoms with Gasteiger partial charge < -0.3 is 54.6 Å². The van der Waals surface area contributed by atoms with Crippen LogP contribution in [0, 0.1) is 5.41 Å². The molecule has 0 radical (unpaired) electrons. The number of ether oxygens (including phenoxy) is 3. The van der Waals surface area contributed by atoms with Crippen LogP contribution in [0.25, 0.3) is 0 Å². The van der Waals surface area contributed by atoms with E-state index in [4.69, 9.17) is 14.2 Å². The van der Waals surface area contributed by atoms with Gasteiger partial charge in [0.2, 0.25) is 0 Å². The summed E-state index contributed by atoms with van der Waals surface area (Å²) < 4.78 is 52.2. The summed E-state index contributed by atoms with van der Waals surface area (Å²) in [5, 5.41) is 52.0. The highest BCUT2D eigenvalue weighted by Crippen LogP contribution is 2.42. The average molecular weight is 502 g/mol. The van der Waals surface area contributed by atoms with E-state index in [0.29, 0.717) is 0 Å². The SMILES string of the molecule is CC1(C)OC(CO)[C@@](C)(COC[C@@]2(C)OC(C(=O)[O-])=C[C@@H](O)C2O)[C@@H](O)C1NS(=O)(=O)[O-].O. The molecular formula is C18H31NO13S-2. The monoisotopic (exact) mass is 501 g/mol. The standard InChI is InChI=1S/C18H31NO12S.H2O/c1-16(2)12(19-32(26,27)28)14(23)17(3,11(6-20)31-16)7-29-8-18(4)13(22)9(21)5-10(30-18)15(24)25;/h5,9,11-14,19-23H,6-8H2,1-4H3,(H,24,25)(H,26,27,28);1H2/p-2/t9-,11?,12?,13?,14+,17-,18-;/m1./s1. The van der Waals surface area contributed by atoms with Crippen LogP contribution in [0.5, 0.6) is 0 Å². The maximum absolute atomic E-state index is 11.3. The first-order valence-electron chi connectivity index (χ1n) is 9.73. The molecule has 2 rings (SSSR count). The van der Waals surface area contributed by atoms with Gasteiger partial charge in [-0.05, 0) is 26.8 Å². The third-order valence-electron chi connectivity index (χ3n) is 5.98. The Morgan fingerprint density at radius 3 is 2.24 bits per heavy atom. The van der Waals surface area contributed by atoms with Gasteiger partial charge in [-0.1, -0.05) is 6.92 Å². The smallest absolute Gasteiger partial charge is 0.159 e. The lowest BCUT2D eigenvalue weighted by Crippen LogP contribution is -2.70. The van der Waals surface area contributed by atoms with Crippen LogP contribution in [0.1, 0.15) is 27.7 Å². The molecule has 0 bridgehead atoms. The molecule has 1 fully saturated rings. The van der Waals surface area contributed by atoms with Crippen molar-refractivity contribution < 1.29 is 63.0 Å². The Morgan fingerprint density at radius 2 is 1.76 bits per heavy atom. The second-order valence-electron chi connectivity index (χ2n) is 9.05. The third-order valence-corrected chi connectivity index (χ3v) is 6.52. The molecule has 2 aliphatic heterocycles. The van der Waals surface area contributed by atoms with E-state index in [1.165, 1.54) is 27.7 Å². The van der Waals surface area contributed by atoms with Crippen molar-refractivity contribution in [2.45, 2.75) is 69.4 Å². The highest BCUT2D eigenvalue weighted by molar-refractivity contribution is 7.83. The van der Waals surface area contributed by atoms with E-state index in [-0.39, 0.29) is 5.48 Å². The Bertz CT molecular complexity index is 846. The third kappa shape index (κ3) is 6.19. The molecule has 15 heteroatoms. The van der Waals surface area contributed by atoms with Gasteiger partial charge in [-0.3, -0.25) is 0 Å². The normalized spacial score (nSPS) is 38.6. The molecule has 0 saturated carbocycles. The van der Waals surface area contributed by atoms with E-state index in [0.717, 1.165) is 6.08 Å². The molecule has 0 aromatic heterocycles. The van der Waals surface area contributed by atoms with Crippen LogP contribution < -0.4 is 9.83 Å². The van der Waals surface area contributed by atoms with E-state index >= 15 is 0 Å². The summed E-state index contributed by atoms with van der Waals surface area (Å²) in [6, 6.07) is -1.39. The van der Waals surface area contributed by atoms with E-state index in [1.807, 2.05) is 0 Å². The summed E-state index contributed by atoms with van der Waals surface area (Å²) in [4.78, 5) is 11.1. The molecule has 194 valence electrons. The molecular weight excluding hydrogens is 470 g/mol. The number of aliphatic hydroxyl groups excluding tert-OH is 4. The van der Waals surface area contributed by atoms with Crippen LogP contribution in [0.2, 0.25) is 0 Å². The van der Waals surface area contributed by atoms with E-state index in [2.05, 4.69) is 0 Å². The lowest BCUT2D eigenvalue weighted by molar-refractivity contribution is -0.307. The van der Waals surface area contributed by atoms with Crippen molar-refractivity contribution in [3.63, 3.8) is 0 Å². The van der Waals surface area contributed by atoms with Gasteiger partial charge in [0, 0.05) is 5.41 Å². The number of nitrogens with one attached hydrogen (secondary N) is 1. The predicted octanol–water partition coefficient (Wildman–Crippen LogP) is -4.72. The zero-order chi connectivity index (χ0) is 24.7. The maximum atomic E-state index is 11.3. The number of carboxylic acid groups (broad SMARTS) is 1. The summed E-state index contributed by atoms with van der Waals surface area (Å²) in [6.07, 6.45) is -4.97. The number of aliphatic carboxylic acids is 1. The van der Waals surface area contributed by atoms with Crippen LogP contribution in [-0.2, 0) is 29.3 Å².